The van der Waals surface area contributed by atoms with Gasteiger partial charge >= 0.3 is 6.36 Å². The van der Waals surface area contributed by atoms with Crippen molar-refractivity contribution in [3.8, 4) is 5.75 Å². The molecule has 3 nitrogen and oxygen atoms in total. The summed E-state index contributed by atoms with van der Waals surface area (Å²) < 4.78 is 43.2. The Balaban J connectivity index is 0.00000288. The maximum Gasteiger partial charge on any atom is 0.573 e. The van der Waals surface area contributed by atoms with Crippen LogP contribution >= 0.6 is 40.7 Å². The molecule has 25 heavy (non-hydrogen) atoms. The summed E-state index contributed by atoms with van der Waals surface area (Å²) in [5.74, 6) is -0.0969. The van der Waals surface area contributed by atoms with E-state index in [9.17, 15) is 13.2 Å². The van der Waals surface area contributed by atoms with Crippen LogP contribution in [0.4, 0.5) is 13.2 Å². The first-order valence-corrected chi connectivity index (χ1v) is 8.70. The van der Waals surface area contributed by atoms with E-state index in [-0.39, 0.29) is 36.6 Å². The third kappa shape index (κ3) is 7.91. The van der Waals surface area contributed by atoms with Crippen molar-refractivity contribution in [2.45, 2.75) is 38.6 Å². The second-order valence-corrected chi connectivity index (χ2v) is 6.59. The molecule has 1 aliphatic rings. The topological polar surface area (TPSA) is 24.5 Å². The largest absolute Gasteiger partial charge is 0.573 e. The van der Waals surface area contributed by atoms with E-state index in [1.165, 1.54) is 6.07 Å². The zero-order valence-electron chi connectivity index (χ0n) is 13.9. The summed E-state index contributed by atoms with van der Waals surface area (Å²) in [6.45, 7) is 5.44. The van der Waals surface area contributed by atoms with Crippen LogP contribution in [0.2, 0.25) is 0 Å². The number of halogens is 6. The zero-order valence-corrected chi connectivity index (χ0v) is 17.2. The molecule has 1 saturated heterocycles. The molecule has 1 heterocycles. The van der Waals surface area contributed by atoms with Crippen molar-refractivity contribution >= 4 is 40.7 Å². The predicted octanol–water partition coefficient (Wildman–Crippen LogP) is 5.33. The van der Waals surface area contributed by atoms with Gasteiger partial charge in [0.25, 0.3) is 0 Å². The van der Waals surface area contributed by atoms with Crippen LogP contribution in [0.1, 0.15) is 37.8 Å². The van der Waals surface area contributed by atoms with Gasteiger partial charge < -0.3 is 10.1 Å². The molecule has 0 bridgehead atoms. The van der Waals surface area contributed by atoms with Crippen LogP contribution < -0.4 is 10.1 Å². The van der Waals surface area contributed by atoms with E-state index in [1.54, 1.807) is 12.1 Å². The summed E-state index contributed by atoms with van der Waals surface area (Å²) >= 11 is 3.37. The number of ether oxygens (including phenoxy) is 1. The van der Waals surface area contributed by atoms with Crippen LogP contribution in [0.25, 0.3) is 0 Å². The zero-order chi connectivity index (χ0) is 16.9. The van der Waals surface area contributed by atoms with Crippen LogP contribution in [0.15, 0.2) is 22.7 Å². The first-order valence-electron chi connectivity index (χ1n) is 7.90. The van der Waals surface area contributed by atoms with E-state index in [2.05, 4.69) is 37.8 Å². The smallest absolute Gasteiger partial charge is 0.405 e. The van der Waals surface area contributed by atoms with Gasteiger partial charge in [-0.15, -0.1) is 38.0 Å². The quantitative estimate of drug-likeness (QED) is 0.612. The predicted molar refractivity (Wildman–Crippen MR) is 102 cm³/mol. The summed E-state index contributed by atoms with van der Waals surface area (Å²) in [7, 11) is 0. The van der Waals surface area contributed by atoms with E-state index in [1.807, 2.05) is 0 Å². The van der Waals surface area contributed by atoms with Gasteiger partial charge in [0.2, 0.25) is 0 Å². The molecule has 1 atom stereocenters. The fourth-order valence-corrected chi connectivity index (χ4v) is 3.30. The maximum absolute atomic E-state index is 12.7. The molecule has 0 radical (unpaired) electrons. The van der Waals surface area contributed by atoms with Crippen molar-refractivity contribution in [3.63, 3.8) is 0 Å². The highest BCUT2D eigenvalue weighted by Crippen LogP contribution is 2.37. The second-order valence-electron chi connectivity index (χ2n) is 5.67. The number of hydrogen-bond acceptors (Lipinski definition) is 3. The molecule has 1 N–H and O–H groups in total. The molecule has 0 amide bonds. The van der Waals surface area contributed by atoms with E-state index in [0.717, 1.165) is 49.9 Å². The molecule has 2 rings (SSSR count). The minimum Gasteiger partial charge on any atom is -0.405 e. The Bertz CT molecular complexity index is 515. The highest BCUT2D eigenvalue weighted by Gasteiger charge is 2.34. The van der Waals surface area contributed by atoms with Gasteiger partial charge in [-0.1, -0.05) is 35.7 Å². The fraction of sp³-hybridized carbons (Fsp3) is 0.625. The maximum atomic E-state index is 12.7. The molecule has 0 aliphatic carbocycles. The van der Waals surface area contributed by atoms with E-state index >= 15 is 0 Å². The lowest BCUT2D eigenvalue weighted by atomic mass is 9.98. The van der Waals surface area contributed by atoms with Gasteiger partial charge in [0.15, 0.2) is 0 Å². The molecular formula is C16H24BrCl2F3N2O. The summed E-state index contributed by atoms with van der Waals surface area (Å²) in [6.07, 6.45) is -1.89. The Kier molecular flexibility index (Phi) is 11.4. The van der Waals surface area contributed by atoms with Crippen molar-refractivity contribution in [1.82, 2.24) is 10.2 Å². The van der Waals surface area contributed by atoms with Crippen LogP contribution in [0.5, 0.6) is 5.75 Å². The Morgan fingerprint density at radius 1 is 1.24 bits per heavy atom. The van der Waals surface area contributed by atoms with Gasteiger partial charge in [0.05, 0.1) is 0 Å². The van der Waals surface area contributed by atoms with Crippen LogP contribution in [-0.4, -0.2) is 37.4 Å². The first-order chi connectivity index (χ1) is 10.9. The van der Waals surface area contributed by atoms with Gasteiger partial charge in [-0.25, -0.2) is 0 Å². The summed E-state index contributed by atoms with van der Waals surface area (Å²) in [5.41, 5.74) is 0.604. The Morgan fingerprint density at radius 3 is 2.44 bits per heavy atom. The molecule has 1 aromatic rings. The minimum absolute atomic E-state index is 0. The number of piperazine rings is 1. The van der Waals surface area contributed by atoms with E-state index in [4.69, 9.17) is 0 Å². The van der Waals surface area contributed by atoms with Gasteiger partial charge in [-0.05, 0) is 24.6 Å². The van der Waals surface area contributed by atoms with Crippen LogP contribution in [0, 0.1) is 0 Å². The van der Waals surface area contributed by atoms with Gasteiger partial charge in [-0.2, -0.15) is 0 Å². The molecule has 0 unspecified atom stereocenters. The molecular weight excluding hydrogens is 444 g/mol. The van der Waals surface area contributed by atoms with Crippen molar-refractivity contribution in [1.29, 1.82) is 0 Å². The number of alkyl halides is 3. The summed E-state index contributed by atoms with van der Waals surface area (Å²) in [4.78, 5) is 2.25. The highest BCUT2D eigenvalue weighted by molar-refractivity contribution is 9.10. The van der Waals surface area contributed by atoms with Crippen molar-refractivity contribution in [2.24, 2.45) is 0 Å². The standard InChI is InChI=1S/C16H22BrF3N2O.2ClH/c1-2-3-4-14(22-9-7-21-8-10-22)13-11-12(17)5-6-15(13)23-16(18,19)20;;/h5-6,11,14,21H,2-4,7-10H2,1H3;2*1H/t14-;;/m1../s1. The molecule has 0 aromatic heterocycles. The molecule has 1 aliphatic heterocycles. The SMILES string of the molecule is CCCC[C@H](c1cc(Br)ccc1OC(F)(F)F)N1CCNCC1.Cl.Cl. The average Bonchev–Trinajstić information content (AvgIpc) is 2.50. The lowest BCUT2D eigenvalue weighted by Crippen LogP contribution is -2.45. The molecule has 0 spiro atoms. The minimum atomic E-state index is -4.68. The number of unbranched alkanes of at least 4 members (excludes halogenated alkanes) is 1. The van der Waals surface area contributed by atoms with E-state index < -0.39 is 6.36 Å². The monoisotopic (exact) mass is 466 g/mol. The lowest BCUT2D eigenvalue weighted by Gasteiger charge is -2.36. The lowest BCUT2D eigenvalue weighted by molar-refractivity contribution is -0.275. The summed E-state index contributed by atoms with van der Waals surface area (Å²) in [5, 5.41) is 3.28. The van der Waals surface area contributed by atoms with Crippen molar-refractivity contribution in [3.05, 3.63) is 28.2 Å². The van der Waals surface area contributed by atoms with Gasteiger partial charge in [-0.3, -0.25) is 4.90 Å². The van der Waals surface area contributed by atoms with Crippen LogP contribution in [0.3, 0.4) is 0 Å². The first kappa shape index (κ1) is 24.8. The normalized spacial score (nSPS) is 16.5. The van der Waals surface area contributed by atoms with Gasteiger partial charge in [0, 0.05) is 42.3 Å². The molecule has 1 fully saturated rings. The molecule has 0 saturated carbocycles. The third-order valence-corrected chi connectivity index (χ3v) is 4.47. The highest BCUT2D eigenvalue weighted by atomic mass is 79.9. The number of benzene rings is 1. The second kappa shape index (κ2) is 11.5. The third-order valence-electron chi connectivity index (χ3n) is 3.98. The Morgan fingerprint density at radius 2 is 1.88 bits per heavy atom. The van der Waals surface area contributed by atoms with Crippen molar-refractivity contribution in [2.75, 3.05) is 26.2 Å². The molecule has 9 heteroatoms. The Hall–Kier alpha value is -0.210. The summed E-state index contributed by atoms with van der Waals surface area (Å²) in [6, 6.07) is 4.67. The van der Waals surface area contributed by atoms with Crippen LogP contribution in [-0.2, 0) is 0 Å². The number of rotatable bonds is 6. The number of nitrogens with zero attached hydrogens (tertiary/aromatic N) is 1. The Labute approximate surface area is 167 Å². The van der Waals surface area contributed by atoms with E-state index in [0.29, 0.717) is 5.56 Å². The number of hydrogen-bond donors (Lipinski definition) is 1. The van der Waals surface area contributed by atoms with Crippen molar-refractivity contribution < 1.29 is 17.9 Å². The molecule has 146 valence electrons. The van der Waals surface area contributed by atoms with Gasteiger partial charge in [0.1, 0.15) is 5.75 Å². The average molecular weight is 468 g/mol. The number of nitrogens with one attached hydrogen (secondary N) is 1. The molecule has 1 aromatic carbocycles. The fourth-order valence-electron chi connectivity index (χ4n) is 2.92.